The summed E-state index contributed by atoms with van der Waals surface area (Å²) in [5.74, 6) is -2.66. The van der Waals surface area contributed by atoms with Gasteiger partial charge in [0.05, 0.1) is 5.60 Å². The van der Waals surface area contributed by atoms with Crippen LogP contribution < -0.4 is 0 Å². The Kier molecular flexibility index (Phi) is 2.40. The van der Waals surface area contributed by atoms with Crippen LogP contribution in [0.25, 0.3) is 0 Å². The van der Waals surface area contributed by atoms with Gasteiger partial charge < -0.3 is 10.2 Å². The van der Waals surface area contributed by atoms with E-state index >= 15 is 0 Å². The second-order valence-corrected chi connectivity index (χ2v) is 3.47. The Bertz CT molecular complexity index is 158. The van der Waals surface area contributed by atoms with Crippen LogP contribution in [0.15, 0.2) is 0 Å². The van der Waals surface area contributed by atoms with Crippen molar-refractivity contribution in [2.45, 2.75) is 44.1 Å². The lowest BCUT2D eigenvalue weighted by Crippen LogP contribution is -2.42. The summed E-state index contributed by atoms with van der Waals surface area (Å²) in [6.07, 6.45) is -0.953. The summed E-state index contributed by atoms with van der Waals surface area (Å²) in [4.78, 5) is 0. The third-order valence-corrected chi connectivity index (χ3v) is 2.48. The molecule has 1 saturated carbocycles. The van der Waals surface area contributed by atoms with Crippen molar-refractivity contribution in [3.05, 3.63) is 6.10 Å². The predicted octanol–water partition coefficient (Wildman–Crippen LogP) is 1.85. The molecule has 1 radical (unpaired) electrons. The maximum Gasteiger partial charge on any atom is 0.248 e. The first-order valence-corrected chi connectivity index (χ1v) is 3.99. The molecule has 2 N–H and O–H groups in total. The van der Waals surface area contributed by atoms with Gasteiger partial charge in [0.15, 0.2) is 0 Å². The molecule has 4 heteroatoms. The van der Waals surface area contributed by atoms with Gasteiger partial charge in [0.2, 0.25) is 5.92 Å². The Balaban J connectivity index is 2.55. The number of halogens is 2. The maximum absolute atomic E-state index is 12.6. The number of hydrogen-bond acceptors (Lipinski definition) is 2. The summed E-state index contributed by atoms with van der Waals surface area (Å²) in [5, 5.41) is 18.6. The van der Waals surface area contributed by atoms with E-state index in [1.54, 1.807) is 0 Å². The van der Waals surface area contributed by atoms with Crippen molar-refractivity contribution in [3.8, 4) is 0 Å². The monoisotopic (exact) mass is 179 g/mol. The lowest BCUT2D eigenvalue weighted by molar-refractivity contribution is -0.115. The average Bonchev–Trinajstić information content (AvgIpc) is 1.96. The molecule has 0 amide bonds. The highest BCUT2D eigenvalue weighted by atomic mass is 19.3. The average molecular weight is 179 g/mol. The van der Waals surface area contributed by atoms with Crippen molar-refractivity contribution in [2.75, 3.05) is 0 Å². The summed E-state index contributed by atoms with van der Waals surface area (Å²) in [7, 11) is 0. The van der Waals surface area contributed by atoms with Crippen LogP contribution in [-0.2, 0) is 0 Å². The van der Waals surface area contributed by atoms with Crippen molar-refractivity contribution in [1.82, 2.24) is 0 Å². The van der Waals surface area contributed by atoms with Crippen LogP contribution in [0.1, 0.15) is 32.6 Å². The van der Waals surface area contributed by atoms with Crippen LogP contribution in [0.4, 0.5) is 8.78 Å². The van der Waals surface area contributed by atoms with E-state index < -0.39 is 11.5 Å². The lowest BCUT2D eigenvalue weighted by Gasteiger charge is -2.37. The number of hydrogen-bond donors (Lipinski definition) is 2. The lowest BCUT2D eigenvalue weighted by atomic mass is 9.80. The zero-order valence-electron chi connectivity index (χ0n) is 6.98. The van der Waals surface area contributed by atoms with E-state index in [-0.39, 0.29) is 31.8 Å². The van der Waals surface area contributed by atoms with Gasteiger partial charge in [0, 0.05) is 12.8 Å². The van der Waals surface area contributed by atoms with Crippen molar-refractivity contribution in [1.29, 1.82) is 0 Å². The van der Waals surface area contributed by atoms with Gasteiger partial charge in [-0.05, 0) is 19.8 Å². The summed E-state index contributed by atoms with van der Waals surface area (Å²) < 4.78 is 25.2. The Morgan fingerprint density at radius 1 is 1.17 bits per heavy atom. The SMILES string of the molecule is C[C](O)C1(O)CCC(F)(F)CC1. The minimum Gasteiger partial charge on any atom is -0.387 e. The first kappa shape index (κ1) is 9.86. The molecule has 2 nitrogen and oxygen atoms in total. The summed E-state index contributed by atoms with van der Waals surface area (Å²) in [5.41, 5.74) is -1.37. The quantitative estimate of drug-likeness (QED) is 0.644. The van der Waals surface area contributed by atoms with E-state index in [9.17, 15) is 13.9 Å². The maximum atomic E-state index is 12.6. The van der Waals surface area contributed by atoms with E-state index in [1.807, 2.05) is 0 Å². The van der Waals surface area contributed by atoms with E-state index in [1.165, 1.54) is 6.92 Å². The molecule has 1 rings (SSSR count). The molecule has 0 spiro atoms. The second-order valence-electron chi connectivity index (χ2n) is 3.47. The van der Waals surface area contributed by atoms with Crippen LogP contribution >= 0.6 is 0 Å². The molecule has 1 aliphatic carbocycles. The molecule has 71 valence electrons. The van der Waals surface area contributed by atoms with E-state index in [0.29, 0.717) is 0 Å². The number of aliphatic hydroxyl groups is 2. The first-order valence-electron chi connectivity index (χ1n) is 3.99. The Hall–Kier alpha value is -0.220. The zero-order chi connectivity index (χ0) is 9.41. The van der Waals surface area contributed by atoms with Crippen LogP contribution in [0.3, 0.4) is 0 Å². The number of alkyl halides is 2. The minimum atomic E-state index is -2.66. The van der Waals surface area contributed by atoms with Crippen LogP contribution in [-0.4, -0.2) is 21.7 Å². The molecule has 0 aromatic carbocycles. The highest BCUT2D eigenvalue weighted by Crippen LogP contribution is 2.41. The molecule has 12 heavy (non-hydrogen) atoms. The van der Waals surface area contributed by atoms with Gasteiger partial charge in [0.25, 0.3) is 0 Å². The van der Waals surface area contributed by atoms with Gasteiger partial charge in [-0.2, -0.15) is 0 Å². The van der Waals surface area contributed by atoms with Gasteiger partial charge in [-0.15, -0.1) is 0 Å². The molecule has 0 atom stereocenters. The number of aliphatic hydroxyl groups excluding tert-OH is 1. The smallest absolute Gasteiger partial charge is 0.248 e. The van der Waals surface area contributed by atoms with Crippen LogP contribution in [0.2, 0.25) is 0 Å². The molecule has 0 bridgehead atoms. The van der Waals surface area contributed by atoms with Gasteiger partial charge in [-0.25, -0.2) is 8.78 Å². The Labute approximate surface area is 70.2 Å². The normalized spacial score (nSPS) is 27.5. The zero-order valence-corrected chi connectivity index (χ0v) is 6.98. The van der Waals surface area contributed by atoms with Crippen molar-refractivity contribution in [3.63, 3.8) is 0 Å². The fourth-order valence-electron chi connectivity index (χ4n) is 1.39. The van der Waals surface area contributed by atoms with E-state index in [2.05, 4.69) is 0 Å². The van der Waals surface area contributed by atoms with E-state index in [0.717, 1.165) is 0 Å². The molecule has 0 aliphatic heterocycles. The second kappa shape index (κ2) is 2.92. The van der Waals surface area contributed by atoms with Gasteiger partial charge in [0.1, 0.15) is 6.10 Å². The van der Waals surface area contributed by atoms with E-state index in [4.69, 9.17) is 5.11 Å². The molecular formula is C8H13F2O2. The third kappa shape index (κ3) is 1.93. The van der Waals surface area contributed by atoms with Gasteiger partial charge in [-0.1, -0.05) is 0 Å². The highest BCUT2D eigenvalue weighted by Gasteiger charge is 2.45. The molecule has 1 fully saturated rings. The fourth-order valence-corrected chi connectivity index (χ4v) is 1.39. The summed E-state index contributed by atoms with van der Waals surface area (Å²) in [6, 6.07) is 0. The molecular weight excluding hydrogens is 166 g/mol. The molecule has 0 saturated heterocycles. The van der Waals surface area contributed by atoms with Gasteiger partial charge >= 0.3 is 0 Å². The van der Waals surface area contributed by atoms with Crippen molar-refractivity contribution in [2.24, 2.45) is 0 Å². The predicted molar refractivity (Wildman–Crippen MR) is 39.2 cm³/mol. The summed E-state index contributed by atoms with van der Waals surface area (Å²) in [6.45, 7) is 1.35. The molecule has 0 heterocycles. The molecule has 0 unspecified atom stereocenters. The topological polar surface area (TPSA) is 40.5 Å². The number of rotatable bonds is 1. The summed E-state index contributed by atoms with van der Waals surface area (Å²) >= 11 is 0. The standard InChI is InChI=1S/C8H13F2O2/c1-6(11)7(12)2-4-8(9,10)5-3-7/h11-12H,2-5H2,1H3. The largest absolute Gasteiger partial charge is 0.387 e. The fraction of sp³-hybridized carbons (Fsp3) is 0.875. The minimum absolute atomic E-state index is 0.0532. The van der Waals surface area contributed by atoms with Crippen LogP contribution in [0.5, 0.6) is 0 Å². The molecule has 1 aliphatic rings. The third-order valence-electron chi connectivity index (χ3n) is 2.48. The van der Waals surface area contributed by atoms with Crippen molar-refractivity contribution < 1.29 is 19.0 Å². The highest BCUT2D eigenvalue weighted by molar-refractivity contribution is 5.01. The Morgan fingerprint density at radius 2 is 1.58 bits per heavy atom. The molecule has 0 aromatic rings. The van der Waals surface area contributed by atoms with Crippen molar-refractivity contribution >= 4 is 0 Å². The Morgan fingerprint density at radius 3 is 1.92 bits per heavy atom. The van der Waals surface area contributed by atoms with Gasteiger partial charge in [-0.3, -0.25) is 0 Å². The molecule has 0 aromatic heterocycles. The van der Waals surface area contributed by atoms with Crippen LogP contribution in [0, 0.1) is 6.10 Å². The first-order chi connectivity index (χ1) is 5.36.